The Balaban J connectivity index is 1.22. The average Bonchev–Trinajstić information content (AvgIpc) is 3.68. The fraction of sp³-hybridized carbons (Fsp3) is 0.0612. The van der Waals surface area contributed by atoms with Crippen LogP contribution in [0.15, 0.2) is 176 Å². The first kappa shape index (κ1) is 29.9. The van der Waals surface area contributed by atoms with E-state index in [1.54, 1.807) is 0 Å². The molecule has 1 nitrogen and oxygen atoms in total. The van der Waals surface area contributed by atoms with E-state index in [1.165, 1.54) is 86.8 Å². The molecule has 1 aliphatic rings. The van der Waals surface area contributed by atoms with Crippen molar-refractivity contribution >= 4 is 59.3 Å². The molecule has 0 saturated heterocycles. The second-order valence-electron chi connectivity index (χ2n) is 14.1. The SMILES string of the molecule is CC1(C)c2ccccc2-c2c(N(c3ccc(-c4ccc5ccccc5c4)cc3)c3cccc4sc5c(-c6ccccc6)cccc5c34)cccc21. The topological polar surface area (TPSA) is 3.24 Å². The Morgan fingerprint density at radius 3 is 2.00 bits per heavy atom. The molecule has 1 aliphatic carbocycles. The first-order valence-electron chi connectivity index (χ1n) is 17.7. The van der Waals surface area contributed by atoms with Gasteiger partial charge in [-0.2, -0.15) is 0 Å². The lowest BCUT2D eigenvalue weighted by atomic mass is 9.82. The van der Waals surface area contributed by atoms with Gasteiger partial charge in [-0.15, -0.1) is 11.3 Å². The lowest BCUT2D eigenvalue weighted by Crippen LogP contribution is -2.16. The van der Waals surface area contributed by atoms with Gasteiger partial charge in [-0.25, -0.2) is 0 Å². The molecule has 0 amide bonds. The smallest absolute Gasteiger partial charge is 0.0555 e. The van der Waals surface area contributed by atoms with Crippen LogP contribution in [-0.2, 0) is 5.41 Å². The fourth-order valence-electron chi connectivity index (χ4n) is 8.36. The van der Waals surface area contributed by atoms with Crippen LogP contribution in [0, 0.1) is 0 Å². The predicted molar refractivity (Wildman–Crippen MR) is 220 cm³/mol. The van der Waals surface area contributed by atoms with Crippen LogP contribution in [0.3, 0.4) is 0 Å². The van der Waals surface area contributed by atoms with E-state index < -0.39 is 0 Å². The van der Waals surface area contributed by atoms with Gasteiger partial charge in [-0.3, -0.25) is 0 Å². The maximum Gasteiger partial charge on any atom is 0.0555 e. The average molecular weight is 670 g/mol. The van der Waals surface area contributed by atoms with Crippen molar-refractivity contribution in [2.24, 2.45) is 0 Å². The summed E-state index contributed by atoms with van der Waals surface area (Å²) in [6.45, 7) is 4.73. The van der Waals surface area contributed by atoms with Gasteiger partial charge in [-0.05, 0) is 86.1 Å². The summed E-state index contributed by atoms with van der Waals surface area (Å²) < 4.78 is 2.61. The largest absolute Gasteiger partial charge is 0.309 e. The summed E-state index contributed by atoms with van der Waals surface area (Å²) in [5.74, 6) is 0. The molecule has 9 aromatic rings. The molecule has 0 aliphatic heterocycles. The first-order chi connectivity index (χ1) is 25.1. The molecule has 0 spiro atoms. The van der Waals surface area contributed by atoms with Crippen LogP contribution in [0.5, 0.6) is 0 Å². The number of benzene rings is 8. The van der Waals surface area contributed by atoms with Gasteiger partial charge < -0.3 is 4.90 Å². The minimum atomic E-state index is -0.0980. The lowest BCUT2D eigenvalue weighted by molar-refractivity contribution is 0.660. The van der Waals surface area contributed by atoms with Gasteiger partial charge in [0.2, 0.25) is 0 Å². The van der Waals surface area contributed by atoms with Gasteiger partial charge in [0.05, 0.1) is 11.4 Å². The summed E-state index contributed by atoms with van der Waals surface area (Å²) in [7, 11) is 0. The predicted octanol–water partition coefficient (Wildman–Crippen LogP) is 14.3. The molecule has 0 radical (unpaired) electrons. The van der Waals surface area contributed by atoms with Crippen molar-refractivity contribution in [1.82, 2.24) is 0 Å². The minimum absolute atomic E-state index is 0.0980. The van der Waals surface area contributed by atoms with E-state index in [9.17, 15) is 0 Å². The van der Waals surface area contributed by atoms with Gasteiger partial charge >= 0.3 is 0 Å². The summed E-state index contributed by atoms with van der Waals surface area (Å²) in [6.07, 6.45) is 0. The van der Waals surface area contributed by atoms with Crippen molar-refractivity contribution in [3.8, 4) is 33.4 Å². The van der Waals surface area contributed by atoms with Crippen molar-refractivity contribution in [1.29, 1.82) is 0 Å². The van der Waals surface area contributed by atoms with Gasteiger partial charge in [0, 0.05) is 36.8 Å². The third kappa shape index (κ3) is 4.67. The highest BCUT2D eigenvalue weighted by atomic mass is 32.1. The zero-order chi connectivity index (χ0) is 34.1. The number of rotatable bonds is 5. The number of hydrogen-bond donors (Lipinski definition) is 0. The molecule has 0 fully saturated rings. The molecule has 0 atom stereocenters. The van der Waals surface area contributed by atoms with Crippen molar-refractivity contribution in [2.75, 3.05) is 4.90 Å². The Hall–Kier alpha value is -5.96. The summed E-state index contributed by atoms with van der Waals surface area (Å²) in [5, 5.41) is 5.10. The number of nitrogens with zero attached hydrogens (tertiary/aromatic N) is 1. The molecule has 2 heteroatoms. The van der Waals surface area contributed by atoms with E-state index in [-0.39, 0.29) is 5.41 Å². The molecule has 1 heterocycles. The lowest BCUT2D eigenvalue weighted by Gasteiger charge is -2.29. The third-order valence-corrected chi connectivity index (χ3v) is 12.1. The molecular formula is C49H35NS. The van der Waals surface area contributed by atoms with Crippen LogP contribution >= 0.6 is 11.3 Å². The van der Waals surface area contributed by atoms with Crippen LogP contribution in [0.2, 0.25) is 0 Å². The maximum atomic E-state index is 2.52. The molecule has 10 rings (SSSR count). The van der Waals surface area contributed by atoms with E-state index in [0.717, 1.165) is 5.69 Å². The van der Waals surface area contributed by atoms with Crippen molar-refractivity contribution in [2.45, 2.75) is 19.3 Å². The fourth-order valence-corrected chi connectivity index (χ4v) is 9.62. The molecule has 0 N–H and O–H groups in total. The van der Waals surface area contributed by atoms with E-state index in [0.29, 0.717) is 0 Å². The van der Waals surface area contributed by atoms with E-state index in [1.807, 2.05) is 11.3 Å². The zero-order valence-electron chi connectivity index (χ0n) is 28.6. The van der Waals surface area contributed by atoms with Gasteiger partial charge in [0.15, 0.2) is 0 Å². The van der Waals surface area contributed by atoms with Crippen LogP contribution in [0.25, 0.3) is 64.3 Å². The monoisotopic (exact) mass is 669 g/mol. The second kappa shape index (κ2) is 11.6. The van der Waals surface area contributed by atoms with Crippen LogP contribution in [0.4, 0.5) is 17.1 Å². The van der Waals surface area contributed by atoms with Crippen LogP contribution in [0.1, 0.15) is 25.0 Å². The summed E-state index contributed by atoms with van der Waals surface area (Å²) >= 11 is 1.89. The summed E-state index contributed by atoms with van der Waals surface area (Å²) in [6, 6.07) is 64.8. The quantitative estimate of drug-likeness (QED) is 0.176. The third-order valence-electron chi connectivity index (χ3n) is 10.9. The van der Waals surface area contributed by atoms with Crippen molar-refractivity contribution < 1.29 is 0 Å². The first-order valence-corrected chi connectivity index (χ1v) is 18.5. The van der Waals surface area contributed by atoms with Crippen molar-refractivity contribution in [3.63, 3.8) is 0 Å². The summed E-state index contributed by atoms with van der Waals surface area (Å²) in [5.41, 5.74) is 13.8. The van der Waals surface area contributed by atoms with Gasteiger partial charge in [0.25, 0.3) is 0 Å². The van der Waals surface area contributed by atoms with E-state index >= 15 is 0 Å². The number of thiophene rings is 1. The normalized spacial score (nSPS) is 13.1. The van der Waals surface area contributed by atoms with E-state index in [2.05, 4.69) is 195 Å². The molecule has 8 aromatic carbocycles. The Bertz CT molecular complexity index is 2770. The summed E-state index contributed by atoms with van der Waals surface area (Å²) in [4.78, 5) is 2.52. The Morgan fingerprint density at radius 1 is 0.471 bits per heavy atom. The highest BCUT2D eigenvalue weighted by molar-refractivity contribution is 7.26. The number of fused-ring (bicyclic) bond motifs is 7. The molecule has 0 bridgehead atoms. The number of hydrogen-bond acceptors (Lipinski definition) is 2. The molecule has 1 aromatic heterocycles. The second-order valence-corrected chi connectivity index (χ2v) is 15.2. The highest BCUT2D eigenvalue weighted by Crippen LogP contribution is 2.55. The zero-order valence-corrected chi connectivity index (χ0v) is 29.4. The van der Waals surface area contributed by atoms with Gasteiger partial charge in [-0.1, -0.05) is 153 Å². The van der Waals surface area contributed by atoms with Crippen LogP contribution < -0.4 is 4.90 Å². The number of anilines is 3. The molecule has 0 unspecified atom stereocenters. The minimum Gasteiger partial charge on any atom is -0.309 e. The molecule has 0 saturated carbocycles. The Labute approximate surface area is 302 Å². The van der Waals surface area contributed by atoms with Gasteiger partial charge in [0.1, 0.15) is 0 Å². The van der Waals surface area contributed by atoms with Crippen LogP contribution in [-0.4, -0.2) is 0 Å². The highest BCUT2D eigenvalue weighted by Gasteiger charge is 2.38. The molecule has 51 heavy (non-hydrogen) atoms. The Morgan fingerprint density at radius 2 is 1.14 bits per heavy atom. The van der Waals surface area contributed by atoms with Crippen molar-refractivity contribution in [3.05, 3.63) is 187 Å². The standard InChI is InChI=1S/C49H35NS/c1-49(2)41-20-9-8-17-39(41)46-42(49)21-11-22-43(46)50(37-29-27-33(28-30-37)36-26-25-32-13-6-7-16-35(32)31-36)44-23-12-24-45-47(44)40-19-10-18-38(48(40)51-45)34-14-4-3-5-15-34/h3-31H,1-2H3. The maximum absolute atomic E-state index is 2.52. The molecular weight excluding hydrogens is 635 g/mol. The Kier molecular flexibility index (Phi) is 6.78. The van der Waals surface area contributed by atoms with E-state index in [4.69, 9.17) is 0 Å². The molecule has 242 valence electrons.